The summed E-state index contributed by atoms with van der Waals surface area (Å²) < 4.78 is 139. The third-order valence-corrected chi connectivity index (χ3v) is 26.0. The van der Waals surface area contributed by atoms with Crippen LogP contribution in [0.5, 0.6) is 0 Å². The zero-order valence-corrected chi connectivity index (χ0v) is 82.8. The molecule has 5 fully saturated rings. The molecule has 5 amide bonds. The molecule has 2 N–H and O–H groups in total. The van der Waals surface area contributed by atoms with Gasteiger partial charge in [0.2, 0.25) is 22.7 Å². The molecule has 0 radical (unpaired) electrons. The molecule has 12 aromatic rings. The minimum absolute atomic E-state index is 0. The number of Topliss-reactive ketones (excluding diaryl/α,β-unsaturated/α-hetero) is 1. The summed E-state index contributed by atoms with van der Waals surface area (Å²) in [6, 6.07) is 34.1. The number of hydroxylamine groups is 2. The van der Waals surface area contributed by atoms with E-state index in [0.29, 0.717) is 103 Å². The number of aromatic nitrogens is 16. The van der Waals surface area contributed by atoms with Crippen LogP contribution in [0.3, 0.4) is 0 Å². The van der Waals surface area contributed by atoms with Gasteiger partial charge in [-0.05, 0) is 154 Å². The van der Waals surface area contributed by atoms with Crippen molar-refractivity contribution in [3.05, 3.63) is 246 Å². The maximum absolute atomic E-state index is 13.5. The number of carbonyl (C=O) groups excluding carboxylic acids is 6. The number of ketones is 1. The minimum atomic E-state index is -4.91. The molecule has 139 heavy (non-hydrogen) atoms. The Morgan fingerprint density at radius 3 is 0.892 bits per heavy atom. The van der Waals surface area contributed by atoms with Crippen molar-refractivity contribution in [1.82, 2.24) is 105 Å². The molecule has 47 heteroatoms. The van der Waals surface area contributed by atoms with Crippen molar-refractivity contribution >= 4 is 66.4 Å². The number of alkyl halides is 9. The number of halogens is 10. The summed E-state index contributed by atoms with van der Waals surface area (Å²) in [5.74, 6) is -6.78. The minimum Gasteiger partial charge on any atom is -1.00 e. The van der Waals surface area contributed by atoms with E-state index >= 15 is 0 Å². The molecule has 10 atom stereocenters. The van der Waals surface area contributed by atoms with Crippen LogP contribution in [0.25, 0.3) is 22.7 Å². The van der Waals surface area contributed by atoms with Gasteiger partial charge in [0.25, 0.3) is 23.6 Å². The molecule has 8 aromatic heterocycles. The van der Waals surface area contributed by atoms with Crippen molar-refractivity contribution in [3.8, 4) is 22.7 Å². The van der Waals surface area contributed by atoms with Gasteiger partial charge >= 0.3 is 47.1 Å². The van der Waals surface area contributed by atoms with E-state index in [0.717, 1.165) is 61.8 Å². The van der Waals surface area contributed by atoms with Crippen LogP contribution in [0.1, 0.15) is 233 Å². The van der Waals surface area contributed by atoms with Crippen molar-refractivity contribution in [2.75, 3.05) is 53.6 Å². The summed E-state index contributed by atoms with van der Waals surface area (Å²) >= 11 is 0. The molecule has 0 spiro atoms. The number of piperidine rings is 4. The summed E-state index contributed by atoms with van der Waals surface area (Å²) in [6.07, 6.45) is 11.0. The molecule has 0 aliphatic carbocycles. The van der Waals surface area contributed by atoms with Gasteiger partial charge in [-0.1, -0.05) is 88.8 Å². The van der Waals surface area contributed by atoms with Gasteiger partial charge < -0.3 is 77.1 Å². The molecule has 13 heterocycles. The van der Waals surface area contributed by atoms with E-state index in [1.807, 2.05) is 73.9 Å². The van der Waals surface area contributed by atoms with Crippen molar-refractivity contribution in [2.24, 2.45) is 0 Å². The van der Waals surface area contributed by atoms with Crippen LogP contribution < -0.4 is 17.0 Å². The Kier molecular flexibility index (Phi) is 38.0. The van der Waals surface area contributed by atoms with Gasteiger partial charge in [0.1, 0.15) is 0 Å². The average molecular weight is 2040 g/mol. The van der Waals surface area contributed by atoms with Crippen LogP contribution in [0.4, 0.5) is 39.5 Å². The molecule has 5 saturated heterocycles. The van der Waals surface area contributed by atoms with Gasteiger partial charge in [-0.15, -0.1) is 0 Å². The third kappa shape index (κ3) is 26.6. The first-order valence-electron chi connectivity index (χ1n) is 44.0. The Bertz CT molecular complexity index is 5780. The second-order valence-corrected chi connectivity index (χ2v) is 39.9. The summed E-state index contributed by atoms with van der Waals surface area (Å²) in [6.45, 7) is 18.0. The Morgan fingerprint density at radius 2 is 0.662 bits per heavy atom. The van der Waals surface area contributed by atoms with Crippen LogP contribution in [0.2, 0.25) is 19.6 Å². The average Bonchev–Trinajstić information content (AvgIpc) is 1.61. The van der Waals surface area contributed by atoms with Crippen LogP contribution in [-0.2, 0) is 20.8 Å². The van der Waals surface area contributed by atoms with Crippen molar-refractivity contribution in [1.29, 1.82) is 0 Å². The van der Waals surface area contributed by atoms with E-state index < -0.39 is 54.9 Å². The Morgan fingerprint density at radius 1 is 0.417 bits per heavy atom. The topological polar surface area (TPSA) is 404 Å². The smallest absolute Gasteiger partial charge is 1.00 e. The van der Waals surface area contributed by atoms with Crippen LogP contribution in [0.15, 0.2) is 189 Å². The zero-order chi connectivity index (χ0) is 98.4. The number of carbonyl (C=O) groups is 6. The maximum Gasteiger partial charge on any atom is 2.00 e. The number of amides is 5. The summed E-state index contributed by atoms with van der Waals surface area (Å²) in [5, 5.41) is 69.5. The Balaban J connectivity index is 0.000000197. The quantitative estimate of drug-likeness (QED) is 0.0281. The fourth-order valence-electron chi connectivity index (χ4n) is 15.5. The molecular formula is C92H109BrF9MgN21O14Si. The van der Waals surface area contributed by atoms with Gasteiger partial charge in [0.05, 0.1) is 124 Å². The predicted octanol–water partition coefficient (Wildman–Crippen LogP) is 12.3. The number of rotatable bonds is 17. The van der Waals surface area contributed by atoms with E-state index in [9.17, 15) is 78.5 Å². The predicted molar refractivity (Wildman–Crippen MR) is 483 cm³/mol. The molecule has 742 valence electrons. The number of hydrogen-bond acceptors (Lipinski definition) is 26. The van der Waals surface area contributed by atoms with E-state index in [-0.39, 0.29) is 161 Å². The number of ether oxygens (including phenoxy) is 1. The summed E-state index contributed by atoms with van der Waals surface area (Å²) in [7, 11) is 0.0409. The van der Waals surface area contributed by atoms with Gasteiger partial charge in [0.15, 0.2) is 25.4 Å². The molecule has 5 aliphatic heterocycles. The first-order chi connectivity index (χ1) is 64.5. The summed E-state index contributed by atoms with van der Waals surface area (Å²) in [5.41, 5.74) is -0.131. The first kappa shape index (κ1) is 111. The van der Waals surface area contributed by atoms with E-state index in [4.69, 9.17) is 27.7 Å². The molecule has 35 nitrogen and oxygen atoms in total. The third-order valence-electron chi connectivity index (χ3n) is 24.3. The standard InChI is InChI=1S/2C21H22F3N5O3.C21H24N6O4.C20H21N5O3.C4H9F3Si.C4H8O.CH3.BrH.Mg/c2*1-13-7-8-14(16-11-18(32-27-16)20(2,31)21(22,23)24)12-28(13)19(30)15-5-3-4-6-17(15)29-25-9-10-26-29;1-14-8-9-15(17-12-19(31-24-17)21(29)25(2)30-3)13-26(14)20(28)16-6-4-5-7-18(16)27-22-10-11-23-27;1-13-7-8-15(17-11-19(14(2)26)28-23-17)12-24(13)20(27)16-5-3-4-6-18(16)25-21-9-10-22-25;1-8(2,3)4(5,6)7;1-2-4-5-3-1;;;/h2*3-6,9-11,13-14,31H,7-8,12H2,1-2H3;4-7,10-12,14-15H,8-9,13H2,1-3H3;3-6,9-11,13,15H,7-8,12H2,1-2H3;1-3H3;1-4H2;1H3;1H;/q;;;;;;-1;;+2/p-1/t2*13-,14-,20?;14-,15-;13-,15-;;;;;/m1111...../s1. The molecule has 17 rings (SSSR count). The fraction of sp³-hybridized carbons (Fsp3) is 0.446. The molecule has 5 aliphatic rings. The second kappa shape index (κ2) is 47.8. The second-order valence-electron chi connectivity index (χ2n) is 34.9. The Hall–Kier alpha value is -12.0. The number of likely N-dealkylation sites (tertiary alicyclic amines) is 4. The molecule has 4 aromatic carbocycles. The van der Waals surface area contributed by atoms with E-state index in [1.54, 1.807) is 107 Å². The molecule has 0 saturated carbocycles. The number of nitrogens with zero attached hydrogens (tertiary/aromatic N) is 21. The van der Waals surface area contributed by atoms with E-state index in [1.165, 1.54) is 97.5 Å². The van der Waals surface area contributed by atoms with E-state index in [2.05, 4.69) is 61.4 Å². The van der Waals surface area contributed by atoms with Gasteiger partial charge in [-0.25, -0.2) is 5.06 Å². The van der Waals surface area contributed by atoms with Crippen LogP contribution in [0, 0.1) is 7.43 Å². The summed E-state index contributed by atoms with van der Waals surface area (Å²) in [4.78, 5) is 95.0. The number of hydrogen-bond donors (Lipinski definition) is 2. The van der Waals surface area contributed by atoms with Crippen molar-refractivity contribution < 1.29 is 123 Å². The van der Waals surface area contributed by atoms with Crippen LogP contribution >= 0.6 is 0 Å². The van der Waals surface area contributed by atoms with Gasteiger partial charge in [-0.2, -0.15) is 99.5 Å². The van der Waals surface area contributed by atoms with Crippen molar-refractivity contribution in [3.63, 3.8) is 0 Å². The van der Waals surface area contributed by atoms with Crippen molar-refractivity contribution in [2.45, 2.75) is 210 Å². The van der Waals surface area contributed by atoms with Gasteiger partial charge in [-0.3, -0.25) is 33.6 Å². The SMILES string of the molecule is C1CCOC1.CC(=O)c1cc([C@@H]2CC[C@@H](C)N(C(=O)c3ccccc3-n3nccn3)C2)no1.CON(C)C(=O)c1cc([C@@H]2CC[C@@H](C)N(C(=O)c3ccccc3-n3nccn3)C2)no1.C[C@@H]1CC[C@@H](c2cc(C(C)(O)C(F)(F)F)on2)CN1C(=O)c1ccccc1-n1nccn1.C[C@@H]1CC[C@@H](c2cc(C(C)(O)C(F)(F)F)on2)CN1C(=O)c1ccccc1-n1nccn1.C[Si](C)(C)C(F)(F)F.[Br-].[CH3-].[Mg+2]. The number of benzene rings is 4. The zero-order valence-electron chi connectivity index (χ0n) is 78.8. The van der Waals surface area contributed by atoms with Gasteiger partial charge in [0, 0.05) is 125 Å². The number of para-hydroxylation sites is 4. The normalized spacial score (nSPS) is 19.6. The monoisotopic (exact) mass is 2030 g/mol. The number of aliphatic hydroxyl groups is 2. The fourth-order valence-corrected chi connectivity index (χ4v) is 15.5. The maximum atomic E-state index is 13.5. The molecule has 0 bridgehead atoms. The first-order valence-corrected chi connectivity index (χ1v) is 47.5. The Labute approximate surface area is 822 Å². The molecular weight excluding hydrogens is 1930 g/mol. The largest absolute Gasteiger partial charge is 2.00 e. The molecule has 2 unspecified atom stereocenters. The van der Waals surface area contributed by atoms with Crippen LogP contribution in [-0.4, -0.2) is 278 Å².